The molecule has 7 heavy (non-hydrogen) atoms. The molecule has 0 saturated carbocycles. The fourth-order valence-corrected chi connectivity index (χ4v) is 0.353. The molecule has 0 aromatic heterocycles. The molecule has 0 unspecified atom stereocenters. The molecule has 0 amide bonds. The van der Waals surface area contributed by atoms with Gasteiger partial charge in [0, 0.05) is 0 Å². The molecule has 0 radical (unpaired) electrons. The Labute approximate surface area is 47.6 Å². The van der Waals surface area contributed by atoms with Gasteiger partial charge in [-0.3, -0.25) is 0 Å². The molecular formula is C3H9N3S. The summed E-state index contributed by atoms with van der Waals surface area (Å²) in [7, 11) is 1.79. The van der Waals surface area contributed by atoms with E-state index in [1.54, 1.807) is 14.0 Å². The second-order valence-electron chi connectivity index (χ2n) is 1.03. The highest BCUT2D eigenvalue weighted by molar-refractivity contribution is 7.96. The third kappa shape index (κ3) is 5.78. The lowest BCUT2D eigenvalue weighted by molar-refractivity contribution is 1.29. The van der Waals surface area contributed by atoms with Crippen LogP contribution in [0.5, 0.6) is 0 Å². The fourth-order valence-electron chi connectivity index (χ4n) is 0.118. The summed E-state index contributed by atoms with van der Waals surface area (Å²) >= 11 is 1.23. The molecule has 0 aromatic rings. The van der Waals surface area contributed by atoms with Crippen LogP contribution in [-0.4, -0.2) is 12.9 Å². The van der Waals surface area contributed by atoms with Crippen molar-refractivity contribution in [1.29, 1.82) is 0 Å². The molecule has 0 aliphatic heterocycles. The van der Waals surface area contributed by atoms with Crippen LogP contribution in [0.1, 0.15) is 6.92 Å². The van der Waals surface area contributed by atoms with Crippen LogP contribution in [-0.2, 0) is 0 Å². The number of nitrogens with zero attached hydrogens (tertiary/aromatic N) is 1. The van der Waals surface area contributed by atoms with E-state index in [-0.39, 0.29) is 0 Å². The zero-order valence-electron chi connectivity index (χ0n) is 4.43. The maximum absolute atomic E-state index is 5.17. The van der Waals surface area contributed by atoms with Gasteiger partial charge in [-0.05, 0) is 14.0 Å². The molecule has 0 bridgehead atoms. The molecule has 0 fully saturated rings. The van der Waals surface area contributed by atoms with E-state index in [9.17, 15) is 0 Å². The summed E-state index contributed by atoms with van der Waals surface area (Å²) in [6, 6.07) is 0. The monoisotopic (exact) mass is 119 g/mol. The summed E-state index contributed by atoms with van der Waals surface area (Å²) in [5, 5.41) is 0. The topological polar surface area (TPSA) is 50.4 Å². The zero-order chi connectivity index (χ0) is 5.70. The first kappa shape index (κ1) is 6.78. The maximum atomic E-state index is 5.17. The smallest absolute Gasteiger partial charge is 0.106 e. The Bertz CT molecular complexity index is 66.6. The van der Waals surface area contributed by atoms with Gasteiger partial charge in [0.25, 0.3) is 0 Å². The van der Waals surface area contributed by atoms with E-state index in [1.165, 1.54) is 12.1 Å². The van der Waals surface area contributed by atoms with Crippen molar-refractivity contribution >= 4 is 18.0 Å². The maximum Gasteiger partial charge on any atom is 0.106 e. The molecule has 0 heterocycles. The highest BCUT2D eigenvalue weighted by atomic mass is 32.2. The van der Waals surface area contributed by atoms with E-state index in [2.05, 4.69) is 9.12 Å². The molecule has 4 heteroatoms. The summed E-state index contributed by atoms with van der Waals surface area (Å²) in [6.07, 6.45) is 0. The van der Waals surface area contributed by atoms with Crippen molar-refractivity contribution in [3.63, 3.8) is 0 Å². The van der Waals surface area contributed by atoms with Crippen molar-refractivity contribution in [2.24, 2.45) is 10.1 Å². The molecule has 0 atom stereocenters. The minimum absolute atomic E-state index is 0.583. The molecule has 0 spiro atoms. The summed E-state index contributed by atoms with van der Waals surface area (Å²) in [4.78, 5) is 0. The Balaban J connectivity index is 3.08. The lowest BCUT2D eigenvalue weighted by atomic mass is 10.8. The van der Waals surface area contributed by atoms with Crippen LogP contribution in [0.25, 0.3) is 0 Å². The number of nitrogens with one attached hydrogen (secondary N) is 1. The van der Waals surface area contributed by atoms with E-state index in [4.69, 9.17) is 5.73 Å². The third-order valence-electron chi connectivity index (χ3n) is 0.281. The highest BCUT2D eigenvalue weighted by Crippen LogP contribution is 1.89. The second kappa shape index (κ2) is 3.95. The number of rotatable bonds is 2. The van der Waals surface area contributed by atoms with Crippen LogP contribution in [0.4, 0.5) is 0 Å². The summed E-state index contributed by atoms with van der Waals surface area (Å²) < 4.78 is 6.49. The molecule has 0 aliphatic rings. The van der Waals surface area contributed by atoms with Crippen molar-refractivity contribution in [2.45, 2.75) is 6.92 Å². The zero-order valence-corrected chi connectivity index (χ0v) is 5.25. The van der Waals surface area contributed by atoms with Gasteiger partial charge in [0.2, 0.25) is 0 Å². The van der Waals surface area contributed by atoms with Crippen molar-refractivity contribution in [1.82, 2.24) is 4.72 Å². The van der Waals surface area contributed by atoms with Gasteiger partial charge >= 0.3 is 0 Å². The van der Waals surface area contributed by atoms with Gasteiger partial charge in [-0.2, -0.15) is 4.40 Å². The van der Waals surface area contributed by atoms with Crippen LogP contribution < -0.4 is 10.5 Å². The van der Waals surface area contributed by atoms with Crippen LogP contribution in [0.2, 0.25) is 0 Å². The van der Waals surface area contributed by atoms with Crippen LogP contribution >= 0.6 is 12.1 Å². The summed E-state index contributed by atoms with van der Waals surface area (Å²) in [5.41, 5.74) is 5.17. The van der Waals surface area contributed by atoms with Gasteiger partial charge in [0.05, 0.1) is 12.1 Å². The first-order valence-corrected chi connectivity index (χ1v) is 2.67. The Kier molecular flexibility index (Phi) is 3.83. The van der Waals surface area contributed by atoms with E-state index in [1.807, 2.05) is 0 Å². The third-order valence-corrected chi connectivity index (χ3v) is 0.843. The largest absolute Gasteiger partial charge is 0.387 e. The lowest BCUT2D eigenvalue weighted by Gasteiger charge is -1.86. The van der Waals surface area contributed by atoms with Gasteiger partial charge in [-0.25, -0.2) is 4.72 Å². The summed E-state index contributed by atoms with van der Waals surface area (Å²) in [6.45, 7) is 1.74. The lowest BCUT2D eigenvalue weighted by Crippen LogP contribution is -2.04. The normalized spacial score (nSPS) is 12.0. The highest BCUT2D eigenvalue weighted by Gasteiger charge is 1.73. The van der Waals surface area contributed by atoms with Gasteiger partial charge in [0.1, 0.15) is 5.84 Å². The van der Waals surface area contributed by atoms with Gasteiger partial charge in [0.15, 0.2) is 0 Å². The fraction of sp³-hybridized carbons (Fsp3) is 0.667. The predicted octanol–water partition coefficient (Wildman–Crippen LogP) is 0.146. The first-order chi connectivity index (χ1) is 3.27. The van der Waals surface area contributed by atoms with Crippen LogP contribution in [0.3, 0.4) is 0 Å². The first-order valence-electron chi connectivity index (χ1n) is 1.90. The number of hydrogen-bond acceptors (Lipinski definition) is 3. The SMILES string of the molecule is CNS/N=C(/C)N. The van der Waals surface area contributed by atoms with Crippen molar-refractivity contribution in [2.75, 3.05) is 7.05 Å². The van der Waals surface area contributed by atoms with Crippen molar-refractivity contribution in [3.05, 3.63) is 0 Å². The van der Waals surface area contributed by atoms with Crippen molar-refractivity contribution < 1.29 is 0 Å². The standard InChI is InChI=1S/C3H9N3S/c1-3(4)6-7-5-2/h5H,1-2H3,(H2,4,6). The second-order valence-corrected chi connectivity index (χ2v) is 1.80. The average Bonchev–Trinajstić information content (AvgIpc) is 1.61. The average molecular weight is 119 g/mol. The van der Waals surface area contributed by atoms with Gasteiger partial charge in [-0.1, -0.05) is 0 Å². The Hall–Kier alpha value is -0.220. The number of amidine groups is 1. The number of hydrogen-bond donors (Lipinski definition) is 2. The molecule has 0 rings (SSSR count). The quantitative estimate of drug-likeness (QED) is 0.309. The van der Waals surface area contributed by atoms with E-state index >= 15 is 0 Å². The molecule has 0 saturated heterocycles. The minimum atomic E-state index is 0.583. The molecule has 0 aromatic carbocycles. The van der Waals surface area contributed by atoms with Crippen molar-refractivity contribution in [3.8, 4) is 0 Å². The van der Waals surface area contributed by atoms with Crippen LogP contribution in [0.15, 0.2) is 4.40 Å². The van der Waals surface area contributed by atoms with Gasteiger partial charge in [-0.15, -0.1) is 0 Å². The molecule has 0 aliphatic carbocycles. The minimum Gasteiger partial charge on any atom is -0.387 e. The van der Waals surface area contributed by atoms with Crippen LogP contribution in [0, 0.1) is 0 Å². The van der Waals surface area contributed by atoms with E-state index < -0.39 is 0 Å². The van der Waals surface area contributed by atoms with E-state index in [0.29, 0.717) is 5.84 Å². The van der Waals surface area contributed by atoms with Gasteiger partial charge < -0.3 is 5.73 Å². The Morgan fingerprint density at radius 1 is 1.86 bits per heavy atom. The van der Waals surface area contributed by atoms with E-state index in [0.717, 1.165) is 0 Å². The molecule has 42 valence electrons. The predicted molar refractivity (Wildman–Crippen MR) is 33.9 cm³/mol. The molecule has 3 nitrogen and oxygen atoms in total. The number of nitrogens with two attached hydrogens (primary N) is 1. The summed E-state index contributed by atoms with van der Waals surface area (Å²) in [5.74, 6) is 0.583. The Morgan fingerprint density at radius 2 is 2.43 bits per heavy atom. The molecule has 3 N–H and O–H groups in total. The Morgan fingerprint density at radius 3 is 2.57 bits per heavy atom. The molecular weight excluding hydrogens is 110 g/mol.